The molecule has 0 spiro atoms. The van der Waals surface area contributed by atoms with Crippen LogP contribution in [-0.2, 0) is 17.3 Å². The van der Waals surface area contributed by atoms with Gasteiger partial charge in [-0.2, -0.15) is 0 Å². The van der Waals surface area contributed by atoms with Crippen molar-refractivity contribution in [2.75, 3.05) is 0 Å². The maximum absolute atomic E-state index is 11.5. The Hall–Kier alpha value is -2.80. The summed E-state index contributed by atoms with van der Waals surface area (Å²) in [6, 6.07) is 21.6. The number of benzene rings is 3. The van der Waals surface area contributed by atoms with E-state index in [-0.39, 0.29) is 10.8 Å². The number of aromatic hydroxyl groups is 1. The van der Waals surface area contributed by atoms with Crippen molar-refractivity contribution in [3.05, 3.63) is 94.1 Å². The summed E-state index contributed by atoms with van der Waals surface area (Å²) < 4.78 is 0. The molecule has 1 heteroatoms. The minimum absolute atomic E-state index is 0.00268. The summed E-state index contributed by atoms with van der Waals surface area (Å²) in [5.74, 6) is 0.422. The standard InChI is InChI=1S/C30H34O/c1-19-16-21-14-11-15-23(20-12-9-8-10-13-20)27(21)26(19)24-17-22(29(2,3)4)18-25(28(24)31)30(5,6)7/h8-15,17-18,31H,16H2,1-7H3. The monoisotopic (exact) mass is 410 g/mol. The molecule has 0 unspecified atom stereocenters. The smallest absolute Gasteiger partial charge is 0.127 e. The van der Waals surface area contributed by atoms with Crippen LogP contribution in [-0.4, -0.2) is 5.11 Å². The maximum atomic E-state index is 11.5. The molecule has 0 bridgehead atoms. The molecule has 0 fully saturated rings. The number of phenolic OH excluding ortho intramolecular Hbond substituents is 1. The largest absolute Gasteiger partial charge is 0.507 e. The van der Waals surface area contributed by atoms with Crippen molar-refractivity contribution >= 4 is 5.57 Å². The highest BCUT2D eigenvalue weighted by molar-refractivity contribution is 5.96. The van der Waals surface area contributed by atoms with Crippen molar-refractivity contribution in [2.45, 2.75) is 65.7 Å². The Bertz CT molecular complexity index is 1170. The molecule has 3 aromatic rings. The highest BCUT2D eigenvalue weighted by Crippen LogP contribution is 2.48. The molecule has 1 aliphatic rings. The summed E-state index contributed by atoms with van der Waals surface area (Å²) in [6.07, 6.45) is 0.926. The van der Waals surface area contributed by atoms with E-state index in [0.717, 1.165) is 17.5 Å². The normalized spacial score (nSPS) is 14.2. The minimum atomic E-state index is -0.144. The Morgan fingerprint density at radius 2 is 1.42 bits per heavy atom. The second-order valence-corrected chi connectivity index (χ2v) is 11.0. The Kier molecular flexibility index (Phi) is 5.12. The highest BCUT2D eigenvalue weighted by Gasteiger charge is 2.30. The van der Waals surface area contributed by atoms with E-state index in [1.54, 1.807) is 0 Å². The van der Waals surface area contributed by atoms with Crippen molar-refractivity contribution < 1.29 is 5.11 Å². The van der Waals surface area contributed by atoms with E-state index in [2.05, 4.69) is 109 Å². The average molecular weight is 411 g/mol. The van der Waals surface area contributed by atoms with Crippen molar-refractivity contribution in [2.24, 2.45) is 0 Å². The van der Waals surface area contributed by atoms with Gasteiger partial charge in [0.05, 0.1) is 0 Å². The van der Waals surface area contributed by atoms with Crippen molar-refractivity contribution in [1.82, 2.24) is 0 Å². The van der Waals surface area contributed by atoms with Gasteiger partial charge in [0.2, 0.25) is 0 Å². The fourth-order valence-corrected chi connectivity index (χ4v) is 4.68. The SMILES string of the molecule is CC1=C(c2cc(C(C)(C)C)cc(C(C)(C)C)c2O)c2c(cccc2-c2ccccc2)C1. The van der Waals surface area contributed by atoms with Gasteiger partial charge in [0.15, 0.2) is 0 Å². The lowest BCUT2D eigenvalue weighted by Gasteiger charge is -2.28. The predicted molar refractivity (Wildman–Crippen MR) is 133 cm³/mol. The molecule has 0 heterocycles. The third-order valence-electron chi connectivity index (χ3n) is 6.42. The number of rotatable bonds is 2. The number of fused-ring (bicyclic) bond motifs is 1. The van der Waals surface area contributed by atoms with Crippen LogP contribution in [0.3, 0.4) is 0 Å². The van der Waals surface area contributed by atoms with Crippen LogP contribution in [0.5, 0.6) is 5.75 Å². The zero-order chi connectivity index (χ0) is 22.6. The van der Waals surface area contributed by atoms with Crippen molar-refractivity contribution in [3.8, 4) is 16.9 Å². The van der Waals surface area contributed by atoms with Gasteiger partial charge >= 0.3 is 0 Å². The van der Waals surface area contributed by atoms with Crippen molar-refractivity contribution in [3.63, 3.8) is 0 Å². The van der Waals surface area contributed by atoms with Crippen LogP contribution in [0, 0.1) is 0 Å². The summed E-state index contributed by atoms with van der Waals surface area (Å²) in [4.78, 5) is 0. The summed E-state index contributed by atoms with van der Waals surface area (Å²) in [5, 5.41) is 11.5. The predicted octanol–water partition coefficient (Wildman–Crippen LogP) is 8.03. The number of hydrogen-bond donors (Lipinski definition) is 1. The van der Waals surface area contributed by atoms with Crippen LogP contribution in [0.2, 0.25) is 0 Å². The second-order valence-electron chi connectivity index (χ2n) is 11.0. The first-order chi connectivity index (χ1) is 14.5. The van der Waals surface area contributed by atoms with Gasteiger partial charge in [0, 0.05) is 11.1 Å². The highest BCUT2D eigenvalue weighted by atomic mass is 16.3. The molecule has 4 rings (SSSR count). The van der Waals surface area contributed by atoms with Crippen LogP contribution < -0.4 is 0 Å². The molecule has 0 aromatic heterocycles. The molecule has 1 aliphatic carbocycles. The molecule has 0 radical (unpaired) electrons. The number of allylic oxidation sites excluding steroid dienone is 1. The lowest BCUT2D eigenvalue weighted by atomic mass is 9.77. The summed E-state index contributed by atoms with van der Waals surface area (Å²) >= 11 is 0. The van der Waals surface area contributed by atoms with Gasteiger partial charge < -0.3 is 5.11 Å². The summed E-state index contributed by atoms with van der Waals surface area (Å²) in [7, 11) is 0. The van der Waals surface area contributed by atoms with E-state index in [9.17, 15) is 5.11 Å². The molecule has 0 aliphatic heterocycles. The lowest BCUT2D eigenvalue weighted by Crippen LogP contribution is -2.17. The van der Waals surface area contributed by atoms with Gasteiger partial charge in [-0.3, -0.25) is 0 Å². The first kappa shape index (κ1) is 21.4. The number of hydrogen-bond acceptors (Lipinski definition) is 1. The van der Waals surface area contributed by atoms with Crippen LogP contribution in [0.1, 0.15) is 76.3 Å². The fraction of sp³-hybridized carbons (Fsp3) is 0.333. The molecule has 0 atom stereocenters. The molecule has 0 saturated carbocycles. The molecular weight excluding hydrogens is 376 g/mol. The van der Waals surface area contributed by atoms with Crippen LogP contribution in [0.15, 0.2) is 66.2 Å². The fourth-order valence-electron chi connectivity index (χ4n) is 4.68. The van der Waals surface area contributed by atoms with Crippen LogP contribution in [0.25, 0.3) is 16.7 Å². The lowest BCUT2D eigenvalue weighted by molar-refractivity contribution is 0.443. The molecule has 0 saturated heterocycles. The summed E-state index contributed by atoms with van der Waals surface area (Å²) in [6.45, 7) is 15.5. The van der Waals surface area contributed by atoms with Gasteiger partial charge in [-0.1, -0.05) is 102 Å². The molecule has 160 valence electrons. The first-order valence-electron chi connectivity index (χ1n) is 11.2. The topological polar surface area (TPSA) is 20.2 Å². The van der Waals surface area contributed by atoms with E-state index < -0.39 is 0 Å². The summed E-state index contributed by atoms with van der Waals surface area (Å²) in [5.41, 5.74) is 10.7. The van der Waals surface area contributed by atoms with Gasteiger partial charge in [0.25, 0.3) is 0 Å². The zero-order valence-corrected chi connectivity index (χ0v) is 19.9. The van der Waals surface area contributed by atoms with Gasteiger partial charge in [-0.05, 0) is 63.6 Å². The Morgan fingerprint density at radius 3 is 2.03 bits per heavy atom. The van der Waals surface area contributed by atoms with Crippen LogP contribution >= 0.6 is 0 Å². The molecule has 1 nitrogen and oxygen atoms in total. The quantitative estimate of drug-likeness (QED) is 0.453. The molecule has 3 aromatic carbocycles. The van der Waals surface area contributed by atoms with Crippen LogP contribution in [0.4, 0.5) is 0 Å². The molecule has 0 amide bonds. The Labute approximate surface area is 187 Å². The molecule has 31 heavy (non-hydrogen) atoms. The molecule has 1 N–H and O–H groups in total. The second kappa shape index (κ2) is 7.41. The minimum Gasteiger partial charge on any atom is -0.507 e. The third-order valence-corrected chi connectivity index (χ3v) is 6.42. The van der Waals surface area contributed by atoms with E-state index in [4.69, 9.17) is 0 Å². The number of phenols is 1. The van der Waals surface area contributed by atoms with Gasteiger partial charge in [-0.25, -0.2) is 0 Å². The van der Waals surface area contributed by atoms with E-state index >= 15 is 0 Å². The maximum Gasteiger partial charge on any atom is 0.127 e. The van der Waals surface area contributed by atoms with Gasteiger partial charge in [-0.15, -0.1) is 0 Å². The zero-order valence-electron chi connectivity index (χ0n) is 19.9. The van der Waals surface area contributed by atoms with Crippen molar-refractivity contribution in [1.29, 1.82) is 0 Å². The van der Waals surface area contributed by atoms with E-state index in [1.807, 2.05) is 0 Å². The third kappa shape index (κ3) is 3.83. The molecular formula is C30H34O. The van der Waals surface area contributed by atoms with E-state index in [0.29, 0.717) is 5.75 Å². The average Bonchev–Trinajstić information content (AvgIpc) is 3.02. The Morgan fingerprint density at radius 1 is 0.742 bits per heavy atom. The first-order valence-corrected chi connectivity index (χ1v) is 11.2. The van der Waals surface area contributed by atoms with E-state index in [1.165, 1.54) is 39.0 Å². The van der Waals surface area contributed by atoms with Gasteiger partial charge in [0.1, 0.15) is 5.75 Å². The Balaban J connectivity index is 2.03.